The molecule has 1 aromatic carbocycles. The van der Waals surface area contributed by atoms with Gasteiger partial charge >= 0.3 is 0 Å². The van der Waals surface area contributed by atoms with Gasteiger partial charge < -0.3 is 5.32 Å². The molecule has 4 heterocycles. The molecule has 1 amide bonds. The van der Waals surface area contributed by atoms with Gasteiger partial charge in [-0.3, -0.25) is 14.7 Å². The van der Waals surface area contributed by atoms with Gasteiger partial charge in [0.15, 0.2) is 0 Å². The van der Waals surface area contributed by atoms with E-state index in [1.807, 2.05) is 30.3 Å². The fourth-order valence-corrected chi connectivity index (χ4v) is 4.31. The van der Waals surface area contributed by atoms with Crippen LogP contribution in [0.3, 0.4) is 0 Å². The average molecular weight is 346 g/mol. The molecule has 5 rings (SSSR count). The number of halogens is 1. The van der Waals surface area contributed by atoms with Crippen molar-refractivity contribution in [2.75, 3.05) is 13.1 Å². The number of nitrogens with one attached hydrogen (secondary N) is 1. The van der Waals surface area contributed by atoms with E-state index in [0.717, 1.165) is 24.0 Å². The normalized spacial score (nSPS) is 27.5. The maximum Gasteiger partial charge on any atom is 0.251 e. The minimum absolute atomic E-state index is 0. The van der Waals surface area contributed by atoms with E-state index >= 15 is 0 Å². The maximum atomic E-state index is 12.8. The third-order valence-electron chi connectivity index (χ3n) is 5.74. The zero-order valence-corrected chi connectivity index (χ0v) is 15.0. The Bertz CT molecular complexity index is 753. The first-order valence-corrected chi connectivity index (χ1v) is 8.46. The number of hydrogen-bond donors (Lipinski definition) is 1. The minimum atomic E-state index is 0. The number of nitrogens with zero attached hydrogens (tertiary/aromatic N) is 2. The molecule has 0 radical (unpaired) electrons. The summed E-state index contributed by atoms with van der Waals surface area (Å²) >= 11 is 0. The SMILES string of the molecule is CC1(C)C(NC(=O)c2ccc3cccnc3c2)C2CCN1CC2.Cl. The van der Waals surface area contributed by atoms with Crippen LogP contribution in [0.4, 0.5) is 0 Å². The summed E-state index contributed by atoms with van der Waals surface area (Å²) in [5.74, 6) is 0.613. The third kappa shape index (κ3) is 2.78. The highest BCUT2D eigenvalue weighted by Crippen LogP contribution is 2.39. The van der Waals surface area contributed by atoms with E-state index < -0.39 is 0 Å². The smallest absolute Gasteiger partial charge is 0.251 e. The van der Waals surface area contributed by atoms with Gasteiger partial charge in [0.25, 0.3) is 5.91 Å². The van der Waals surface area contributed by atoms with Crippen LogP contribution in [0, 0.1) is 5.92 Å². The molecule has 24 heavy (non-hydrogen) atoms. The van der Waals surface area contributed by atoms with Crippen LogP contribution in [0.15, 0.2) is 36.5 Å². The fraction of sp³-hybridized carbons (Fsp3) is 0.474. The van der Waals surface area contributed by atoms with Crippen LogP contribution in [0.5, 0.6) is 0 Å². The maximum absolute atomic E-state index is 12.8. The molecule has 0 saturated carbocycles. The van der Waals surface area contributed by atoms with Gasteiger partial charge in [-0.25, -0.2) is 0 Å². The largest absolute Gasteiger partial charge is 0.347 e. The lowest BCUT2D eigenvalue weighted by molar-refractivity contribution is -0.0378. The molecule has 0 spiro atoms. The van der Waals surface area contributed by atoms with Crippen LogP contribution in [-0.4, -0.2) is 40.5 Å². The first kappa shape index (κ1) is 17.2. The molecule has 3 aliphatic heterocycles. The number of carbonyl (C=O) groups is 1. The molecular formula is C19H24ClN3O. The second kappa shape index (κ2) is 6.34. The Hall–Kier alpha value is -1.65. The van der Waals surface area contributed by atoms with E-state index in [2.05, 4.69) is 29.0 Å². The predicted octanol–water partition coefficient (Wildman–Crippen LogP) is 3.26. The molecule has 3 saturated heterocycles. The summed E-state index contributed by atoms with van der Waals surface area (Å²) in [5, 5.41) is 4.38. The highest BCUT2D eigenvalue weighted by Gasteiger charge is 2.48. The van der Waals surface area contributed by atoms with Gasteiger partial charge in [0, 0.05) is 28.7 Å². The number of aromatic nitrogens is 1. The molecule has 2 aromatic rings. The minimum Gasteiger partial charge on any atom is -0.347 e. The number of piperidine rings is 3. The van der Waals surface area contributed by atoms with Crippen LogP contribution in [0.2, 0.25) is 0 Å². The molecule has 0 aliphatic carbocycles. The summed E-state index contributed by atoms with van der Waals surface area (Å²) in [6, 6.07) is 9.90. The second-order valence-corrected chi connectivity index (χ2v) is 7.34. The lowest BCUT2D eigenvalue weighted by Gasteiger charge is -2.56. The van der Waals surface area contributed by atoms with Gasteiger partial charge in [0.1, 0.15) is 0 Å². The van der Waals surface area contributed by atoms with Crippen LogP contribution < -0.4 is 5.32 Å². The van der Waals surface area contributed by atoms with Crippen LogP contribution in [0.1, 0.15) is 37.0 Å². The number of pyridine rings is 1. The molecule has 2 bridgehead atoms. The van der Waals surface area contributed by atoms with Gasteiger partial charge in [-0.2, -0.15) is 0 Å². The molecule has 1 atom stereocenters. The van der Waals surface area contributed by atoms with E-state index in [1.54, 1.807) is 6.20 Å². The van der Waals surface area contributed by atoms with Crippen molar-refractivity contribution in [2.45, 2.75) is 38.3 Å². The Kier molecular flexibility index (Phi) is 4.54. The standard InChI is InChI=1S/C19H23N3O.ClH/c1-19(2)17(14-7-10-22(19)11-8-14)21-18(23)15-6-5-13-4-3-9-20-16(13)12-15;/h3-6,9,12,14,17H,7-8,10-11H2,1-2H3,(H,21,23);1H. The Balaban J connectivity index is 0.00000169. The molecule has 1 N–H and O–H groups in total. The zero-order valence-electron chi connectivity index (χ0n) is 14.2. The van der Waals surface area contributed by atoms with Gasteiger partial charge in [0.2, 0.25) is 0 Å². The summed E-state index contributed by atoms with van der Waals surface area (Å²) < 4.78 is 0. The second-order valence-electron chi connectivity index (χ2n) is 7.34. The van der Waals surface area contributed by atoms with E-state index in [9.17, 15) is 4.79 Å². The number of benzene rings is 1. The van der Waals surface area contributed by atoms with E-state index in [0.29, 0.717) is 11.5 Å². The topological polar surface area (TPSA) is 45.2 Å². The summed E-state index contributed by atoms with van der Waals surface area (Å²) in [4.78, 5) is 19.6. The first-order chi connectivity index (χ1) is 11.1. The van der Waals surface area contributed by atoms with Crippen molar-refractivity contribution < 1.29 is 4.79 Å². The third-order valence-corrected chi connectivity index (χ3v) is 5.74. The highest BCUT2D eigenvalue weighted by molar-refractivity contribution is 5.98. The molecular weight excluding hydrogens is 322 g/mol. The number of fused-ring (bicyclic) bond motifs is 4. The van der Waals surface area contributed by atoms with Gasteiger partial charge in [0.05, 0.1) is 5.52 Å². The Labute approximate surface area is 149 Å². The summed E-state index contributed by atoms with van der Waals surface area (Å²) in [5.41, 5.74) is 1.60. The zero-order chi connectivity index (χ0) is 16.0. The van der Waals surface area contributed by atoms with Crippen molar-refractivity contribution in [1.29, 1.82) is 0 Å². The molecule has 1 aromatic heterocycles. The molecule has 3 aliphatic rings. The van der Waals surface area contributed by atoms with Crippen LogP contribution in [0.25, 0.3) is 10.9 Å². The number of rotatable bonds is 2. The van der Waals surface area contributed by atoms with Crippen LogP contribution in [-0.2, 0) is 0 Å². The first-order valence-electron chi connectivity index (χ1n) is 8.46. The average Bonchev–Trinajstić information content (AvgIpc) is 2.58. The van der Waals surface area contributed by atoms with Crippen molar-refractivity contribution in [3.8, 4) is 0 Å². The molecule has 5 heteroatoms. The molecule has 1 unspecified atom stereocenters. The summed E-state index contributed by atoms with van der Waals surface area (Å²) in [6.07, 6.45) is 4.14. The van der Waals surface area contributed by atoms with Crippen molar-refractivity contribution >= 4 is 29.2 Å². The van der Waals surface area contributed by atoms with Crippen molar-refractivity contribution in [3.05, 3.63) is 42.1 Å². The van der Waals surface area contributed by atoms with Crippen molar-refractivity contribution in [2.24, 2.45) is 5.92 Å². The van der Waals surface area contributed by atoms with Gasteiger partial charge in [-0.1, -0.05) is 12.1 Å². The lowest BCUT2D eigenvalue weighted by atomic mass is 9.72. The summed E-state index contributed by atoms with van der Waals surface area (Å²) in [7, 11) is 0. The molecule has 3 fully saturated rings. The Morgan fingerprint density at radius 3 is 2.71 bits per heavy atom. The predicted molar refractivity (Wildman–Crippen MR) is 98.6 cm³/mol. The lowest BCUT2D eigenvalue weighted by Crippen LogP contribution is -2.69. The number of amides is 1. The van der Waals surface area contributed by atoms with Gasteiger partial charge in [-0.05, 0) is 63.9 Å². The van der Waals surface area contributed by atoms with Crippen LogP contribution >= 0.6 is 12.4 Å². The number of carbonyl (C=O) groups excluding carboxylic acids is 1. The van der Waals surface area contributed by atoms with Gasteiger partial charge in [-0.15, -0.1) is 12.4 Å². The monoisotopic (exact) mass is 345 g/mol. The van der Waals surface area contributed by atoms with E-state index in [4.69, 9.17) is 0 Å². The quantitative estimate of drug-likeness (QED) is 0.908. The Morgan fingerprint density at radius 2 is 2.00 bits per heavy atom. The van der Waals surface area contributed by atoms with Crippen molar-refractivity contribution in [1.82, 2.24) is 15.2 Å². The molecule has 128 valence electrons. The Morgan fingerprint density at radius 1 is 1.25 bits per heavy atom. The van der Waals surface area contributed by atoms with E-state index in [1.165, 1.54) is 12.8 Å². The molecule has 4 nitrogen and oxygen atoms in total. The fourth-order valence-electron chi connectivity index (χ4n) is 4.31. The van der Waals surface area contributed by atoms with E-state index in [-0.39, 0.29) is 29.9 Å². The number of hydrogen-bond acceptors (Lipinski definition) is 3. The summed E-state index contributed by atoms with van der Waals surface area (Å²) in [6.45, 7) is 6.82. The van der Waals surface area contributed by atoms with Crippen molar-refractivity contribution in [3.63, 3.8) is 0 Å². The highest BCUT2D eigenvalue weighted by atomic mass is 35.5.